The maximum Gasteiger partial charge on any atom is 0.334 e. The summed E-state index contributed by atoms with van der Waals surface area (Å²) in [7, 11) is -2.85. The average molecular weight is 218 g/mol. The van der Waals surface area contributed by atoms with Gasteiger partial charge in [0.1, 0.15) is 0 Å². The van der Waals surface area contributed by atoms with Crippen LogP contribution in [0.1, 0.15) is 33.1 Å². The van der Waals surface area contributed by atoms with Crippen LogP contribution in [0.5, 0.6) is 0 Å². The molecule has 0 aliphatic heterocycles. The highest BCUT2D eigenvalue weighted by Crippen LogP contribution is 2.56. The summed E-state index contributed by atoms with van der Waals surface area (Å²) in [4.78, 5) is 0. The SMILES string of the molecule is CCOP(=O)(OCC)C1CC=CCC1. The first-order chi connectivity index (χ1) is 6.73. The molecule has 1 aliphatic rings. The third-order valence-corrected chi connectivity index (χ3v) is 4.91. The molecule has 0 aromatic heterocycles. The van der Waals surface area contributed by atoms with Crippen LogP contribution < -0.4 is 0 Å². The molecule has 4 heteroatoms. The first kappa shape index (κ1) is 12.0. The molecular weight excluding hydrogens is 199 g/mol. The Bertz CT molecular complexity index is 228. The van der Waals surface area contributed by atoms with Crippen molar-refractivity contribution in [2.75, 3.05) is 13.2 Å². The number of hydrogen-bond acceptors (Lipinski definition) is 3. The van der Waals surface area contributed by atoms with Crippen LogP contribution in [0.4, 0.5) is 0 Å². The van der Waals surface area contributed by atoms with Crippen molar-refractivity contribution in [3.63, 3.8) is 0 Å². The van der Waals surface area contributed by atoms with Crippen molar-refractivity contribution in [1.29, 1.82) is 0 Å². The van der Waals surface area contributed by atoms with Gasteiger partial charge in [0.15, 0.2) is 0 Å². The van der Waals surface area contributed by atoms with Crippen LogP contribution in [0.2, 0.25) is 0 Å². The van der Waals surface area contributed by atoms with Crippen molar-refractivity contribution in [3.05, 3.63) is 12.2 Å². The molecule has 0 aromatic rings. The van der Waals surface area contributed by atoms with E-state index in [0.717, 1.165) is 19.3 Å². The lowest BCUT2D eigenvalue weighted by Crippen LogP contribution is -2.14. The Morgan fingerprint density at radius 2 is 1.93 bits per heavy atom. The maximum absolute atomic E-state index is 12.3. The molecule has 0 radical (unpaired) electrons. The van der Waals surface area contributed by atoms with Gasteiger partial charge in [0, 0.05) is 0 Å². The minimum absolute atomic E-state index is 0.0624. The lowest BCUT2D eigenvalue weighted by molar-refractivity contribution is 0.210. The zero-order chi connectivity index (χ0) is 10.4. The highest BCUT2D eigenvalue weighted by molar-refractivity contribution is 7.54. The predicted octanol–water partition coefficient (Wildman–Crippen LogP) is 3.36. The van der Waals surface area contributed by atoms with Gasteiger partial charge in [0.05, 0.1) is 18.9 Å². The van der Waals surface area contributed by atoms with E-state index in [1.54, 1.807) is 0 Å². The van der Waals surface area contributed by atoms with E-state index in [1.807, 2.05) is 13.8 Å². The molecule has 0 saturated heterocycles. The molecule has 1 unspecified atom stereocenters. The van der Waals surface area contributed by atoms with Crippen molar-refractivity contribution >= 4 is 7.60 Å². The predicted molar refractivity (Wildman–Crippen MR) is 57.6 cm³/mol. The van der Waals surface area contributed by atoms with Crippen molar-refractivity contribution in [1.82, 2.24) is 0 Å². The second-order valence-corrected chi connectivity index (χ2v) is 5.64. The molecule has 0 saturated carbocycles. The fourth-order valence-corrected chi connectivity index (χ4v) is 3.73. The molecule has 3 nitrogen and oxygen atoms in total. The fraction of sp³-hybridized carbons (Fsp3) is 0.800. The van der Waals surface area contributed by atoms with Crippen molar-refractivity contribution < 1.29 is 13.6 Å². The van der Waals surface area contributed by atoms with E-state index in [0.29, 0.717) is 13.2 Å². The quantitative estimate of drug-likeness (QED) is 0.524. The Hall–Kier alpha value is -0.110. The number of allylic oxidation sites excluding steroid dienone is 2. The average Bonchev–Trinajstić information content (AvgIpc) is 2.20. The molecule has 14 heavy (non-hydrogen) atoms. The minimum Gasteiger partial charge on any atom is -0.309 e. The molecule has 0 aromatic carbocycles. The van der Waals surface area contributed by atoms with Gasteiger partial charge in [-0.3, -0.25) is 4.57 Å². The minimum atomic E-state index is -2.85. The normalized spacial score (nSPS) is 22.6. The van der Waals surface area contributed by atoms with Crippen molar-refractivity contribution in [2.45, 2.75) is 38.8 Å². The van der Waals surface area contributed by atoms with Crippen LogP contribution in [-0.2, 0) is 13.6 Å². The zero-order valence-electron chi connectivity index (χ0n) is 8.94. The van der Waals surface area contributed by atoms with E-state index in [-0.39, 0.29) is 5.66 Å². The molecule has 0 fully saturated rings. The summed E-state index contributed by atoms with van der Waals surface area (Å²) in [5.74, 6) is 0. The Labute approximate surface area is 86.0 Å². The van der Waals surface area contributed by atoms with Crippen LogP contribution in [0, 0.1) is 0 Å². The Morgan fingerprint density at radius 1 is 1.29 bits per heavy atom. The van der Waals surface area contributed by atoms with Crippen molar-refractivity contribution in [3.8, 4) is 0 Å². The van der Waals surface area contributed by atoms with Crippen LogP contribution in [0.3, 0.4) is 0 Å². The fourth-order valence-electron chi connectivity index (χ4n) is 1.67. The highest BCUT2D eigenvalue weighted by atomic mass is 31.2. The highest BCUT2D eigenvalue weighted by Gasteiger charge is 2.34. The van der Waals surface area contributed by atoms with E-state index >= 15 is 0 Å². The third-order valence-electron chi connectivity index (χ3n) is 2.31. The second kappa shape index (κ2) is 5.69. The molecule has 0 amide bonds. The van der Waals surface area contributed by atoms with Gasteiger partial charge in [-0.1, -0.05) is 12.2 Å². The molecule has 1 atom stereocenters. The standard InChI is InChI=1S/C10H19O3P/c1-3-12-14(11,13-4-2)10-8-6-5-7-9-10/h5-6,10H,3-4,7-9H2,1-2H3. The Morgan fingerprint density at radius 3 is 2.36 bits per heavy atom. The van der Waals surface area contributed by atoms with Gasteiger partial charge >= 0.3 is 7.60 Å². The molecule has 0 spiro atoms. The summed E-state index contributed by atoms with van der Waals surface area (Å²) in [6.45, 7) is 4.61. The van der Waals surface area contributed by atoms with Gasteiger partial charge in [-0.05, 0) is 33.1 Å². The van der Waals surface area contributed by atoms with Gasteiger partial charge in [0.2, 0.25) is 0 Å². The summed E-state index contributed by atoms with van der Waals surface area (Å²) < 4.78 is 22.9. The largest absolute Gasteiger partial charge is 0.334 e. The monoisotopic (exact) mass is 218 g/mol. The summed E-state index contributed by atoms with van der Waals surface area (Å²) in [6.07, 6.45) is 6.90. The van der Waals surface area contributed by atoms with E-state index in [1.165, 1.54) is 0 Å². The van der Waals surface area contributed by atoms with Crippen LogP contribution in [-0.4, -0.2) is 18.9 Å². The second-order valence-electron chi connectivity index (χ2n) is 3.31. The number of rotatable bonds is 5. The van der Waals surface area contributed by atoms with Gasteiger partial charge in [0.25, 0.3) is 0 Å². The third kappa shape index (κ3) is 2.94. The van der Waals surface area contributed by atoms with Crippen LogP contribution in [0.15, 0.2) is 12.2 Å². The summed E-state index contributed by atoms with van der Waals surface area (Å²) in [5, 5.41) is 0. The molecule has 0 heterocycles. The van der Waals surface area contributed by atoms with Crippen LogP contribution >= 0.6 is 7.60 Å². The molecule has 0 bridgehead atoms. The topological polar surface area (TPSA) is 35.5 Å². The Balaban J connectivity index is 2.65. The van der Waals surface area contributed by atoms with Crippen molar-refractivity contribution in [2.24, 2.45) is 0 Å². The maximum atomic E-state index is 12.3. The van der Waals surface area contributed by atoms with Gasteiger partial charge in [-0.25, -0.2) is 0 Å². The molecule has 1 rings (SSSR count). The lowest BCUT2D eigenvalue weighted by Gasteiger charge is -2.26. The molecule has 82 valence electrons. The molecule has 0 N–H and O–H groups in total. The summed E-state index contributed by atoms with van der Waals surface area (Å²) in [5.41, 5.74) is 0.0624. The van der Waals surface area contributed by atoms with Crippen LogP contribution in [0.25, 0.3) is 0 Å². The Kier molecular flexibility index (Phi) is 4.86. The van der Waals surface area contributed by atoms with E-state index in [9.17, 15) is 4.57 Å². The van der Waals surface area contributed by atoms with Gasteiger partial charge in [-0.2, -0.15) is 0 Å². The van der Waals surface area contributed by atoms with E-state index in [4.69, 9.17) is 9.05 Å². The lowest BCUT2D eigenvalue weighted by atomic mass is 10.1. The number of hydrogen-bond donors (Lipinski definition) is 0. The molecule has 1 aliphatic carbocycles. The summed E-state index contributed by atoms with van der Waals surface area (Å²) >= 11 is 0. The zero-order valence-corrected chi connectivity index (χ0v) is 9.83. The van der Waals surface area contributed by atoms with E-state index in [2.05, 4.69) is 12.2 Å². The van der Waals surface area contributed by atoms with Gasteiger partial charge < -0.3 is 9.05 Å². The first-order valence-electron chi connectivity index (χ1n) is 5.26. The summed E-state index contributed by atoms with van der Waals surface area (Å²) in [6, 6.07) is 0. The first-order valence-corrected chi connectivity index (χ1v) is 6.88. The van der Waals surface area contributed by atoms with Gasteiger partial charge in [-0.15, -0.1) is 0 Å². The smallest absolute Gasteiger partial charge is 0.309 e. The van der Waals surface area contributed by atoms with E-state index < -0.39 is 7.60 Å². The molecular formula is C10H19O3P.